The summed E-state index contributed by atoms with van der Waals surface area (Å²) in [5.41, 5.74) is 2.66. The number of ketones is 1. The molecule has 0 radical (unpaired) electrons. The van der Waals surface area contributed by atoms with Crippen molar-refractivity contribution in [2.75, 3.05) is 7.11 Å². The van der Waals surface area contributed by atoms with Crippen molar-refractivity contribution >= 4 is 11.8 Å². The van der Waals surface area contributed by atoms with Crippen LogP contribution >= 0.6 is 0 Å². The number of carbonyl (C=O) groups excluding carboxylic acids is 2. The molecule has 0 spiro atoms. The molecule has 0 atom stereocenters. The molecule has 0 unspecified atom stereocenters. The lowest BCUT2D eigenvalue weighted by Gasteiger charge is -2.01. The van der Waals surface area contributed by atoms with Crippen LogP contribution in [0, 0.1) is 13.8 Å². The van der Waals surface area contributed by atoms with Gasteiger partial charge in [-0.05, 0) is 20.8 Å². The van der Waals surface area contributed by atoms with Crippen molar-refractivity contribution in [2.45, 2.75) is 20.8 Å². The van der Waals surface area contributed by atoms with Gasteiger partial charge in [0.05, 0.1) is 7.11 Å². The Morgan fingerprint density at radius 3 is 2.20 bits per heavy atom. The fourth-order valence-electron chi connectivity index (χ4n) is 2.19. The molecule has 0 bridgehead atoms. The molecule has 2 aromatic rings. The van der Waals surface area contributed by atoms with Gasteiger partial charge < -0.3 is 9.15 Å². The first kappa shape index (κ1) is 14.1. The third-order valence-corrected chi connectivity index (χ3v) is 3.27. The normalized spacial score (nSPS) is 10.4. The molecule has 4 nitrogen and oxygen atoms in total. The van der Waals surface area contributed by atoms with Gasteiger partial charge in [0.15, 0.2) is 5.78 Å². The van der Waals surface area contributed by atoms with Gasteiger partial charge >= 0.3 is 5.97 Å². The molecule has 1 aromatic heterocycles. The fraction of sp³-hybridized carbons (Fsp3) is 0.250. The van der Waals surface area contributed by atoms with Gasteiger partial charge in [-0.3, -0.25) is 4.79 Å². The minimum Gasteiger partial charge on any atom is -0.465 e. The van der Waals surface area contributed by atoms with Crippen LogP contribution in [0.3, 0.4) is 0 Å². The minimum atomic E-state index is -0.407. The molecule has 0 aliphatic heterocycles. The fourth-order valence-corrected chi connectivity index (χ4v) is 2.19. The number of esters is 1. The van der Waals surface area contributed by atoms with E-state index >= 15 is 0 Å². The van der Waals surface area contributed by atoms with E-state index in [1.165, 1.54) is 14.0 Å². The Hall–Kier alpha value is -2.36. The zero-order valence-electron chi connectivity index (χ0n) is 11.9. The van der Waals surface area contributed by atoms with Crippen molar-refractivity contribution in [3.63, 3.8) is 0 Å². The molecule has 1 aromatic carbocycles. The molecule has 20 heavy (non-hydrogen) atoms. The molecular weight excluding hydrogens is 256 g/mol. The minimum absolute atomic E-state index is 0.0131. The van der Waals surface area contributed by atoms with Crippen molar-refractivity contribution in [1.82, 2.24) is 0 Å². The molecular formula is C16H16O4. The summed E-state index contributed by atoms with van der Waals surface area (Å²) >= 11 is 0. The predicted octanol–water partition coefficient (Wildman–Crippen LogP) is 3.55. The Labute approximate surface area is 117 Å². The lowest BCUT2D eigenvalue weighted by molar-refractivity contribution is 0.0598. The first-order valence-electron chi connectivity index (χ1n) is 6.25. The van der Waals surface area contributed by atoms with Gasteiger partial charge in [-0.2, -0.15) is 0 Å². The Balaban J connectivity index is 2.48. The highest BCUT2D eigenvalue weighted by molar-refractivity contribution is 5.95. The van der Waals surface area contributed by atoms with Gasteiger partial charge in [0.2, 0.25) is 0 Å². The van der Waals surface area contributed by atoms with Crippen molar-refractivity contribution in [3.8, 4) is 11.3 Å². The number of Topliss-reactive ketones (excluding diaryl/α,β-unsaturated/α-hetero) is 1. The summed E-state index contributed by atoms with van der Waals surface area (Å²) in [6.07, 6.45) is 0. The van der Waals surface area contributed by atoms with Gasteiger partial charge in [-0.15, -0.1) is 0 Å². The van der Waals surface area contributed by atoms with E-state index in [-0.39, 0.29) is 5.78 Å². The predicted molar refractivity (Wildman–Crippen MR) is 75.0 cm³/mol. The Bertz CT molecular complexity index is 663. The summed E-state index contributed by atoms with van der Waals surface area (Å²) in [6.45, 7) is 5.07. The molecule has 0 fully saturated rings. The van der Waals surface area contributed by atoms with Crippen LogP contribution in [0.25, 0.3) is 11.3 Å². The second kappa shape index (κ2) is 5.33. The number of rotatable bonds is 3. The maximum Gasteiger partial charge on any atom is 0.341 e. The van der Waals surface area contributed by atoms with Crippen LogP contribution in [0.5, 0.6) is 0 Å². The number of carbonyl (C=O) groups is 2. The van der Waals surface area contributed by atoms with Crippen molar-refractivity contribution in [3.05, 3.63) is 46.7 Å². The van der Waals surface area contributed by atoms with E-state index in [9.17, 15) is 9.59 Å². The highest BCUT2D eigenvalue weighted by Crippen LogP contribution is 2.31. The summed E-state index contributed by atoms with van der Waals surface area (Å²) in [4.78, 5) is 23.0. The zero-order chi connectivity index (χ0) is 14.9. The maximum atomic E-state index is 11.7. The summed E-state index contributed by atoms with van der Waals surface area (Å²) in [5.74, 6) is 0.757. The smallest absolute Gasteiger partial charge is 0.341 e. The van der Waals surface area contributed by atoms with E-state index in [0.717, 1.165) is 11.1 Å². The van der Waals surface area contributed by atoms with Gasteiger partial charge in [0.1, 0.15) is 17.1 Å². The van der Waals surface area contributed by atoms with Gasteiger partial charge in [-0.1, -0.05) is 24.3 Å². The third-order valence-electron chi connectivity index (χ3n) is 3.27. The molecule has 0 aliphatic carbocycles. The average Bonchev–Trinajstić information content (AvgIpc) is 2.73. The highest BCUT2D eigenvalue weighted by Gasteiger charge is 2.21. The monoisotopic (exact) mass is 272 g/mol. The van der Waals surface area contributed by atoms with E-state index in [1.807, 2.05) is 19.1 Å². The molecule has 0 N–H and O–H groups in total. The van der Waals surface area contributed by atoms with Crippen LogP contribution in [-0.4, -0.2) is 18.9 Å². The van der Waals surface area contributed by atoms with Gasteiger partial charge in [0.25, 0.3) is 0 Å². The number of benzene rings is 1. The van der Waals surface area contributed by atoms with Crippen LogP contribution in [0.1, 0.15) is 39.0 Å². The topological polar surface area (TPSA) is 56.5 Å². The second-order valence-electron chi connectivity index (χ2n) is 4.61. The standard InChI is InChI=1S/C16H16O4/c1-9-14(16(18)19-4)11(3)20-15(9)13-7-5-12(6-8-13)10(2)17/h5-8H,1-4H3. The number of methoxy groups -OCH3 is 1. The first-order chi connectivity index (χ1) is 9.45. The lowest BCUT2D eigenvalue weighted by Crippen LogP contribution is -2.03. The average molecular weight is 272 g/mol. The molecule has 4 heteroatoms. The van der Waals surface area contributed by atoms with Crippen LogP contribution in [0.4, 0.5) is 0 Å². The van der Waals surface area contributed by atoms with Crippen LogP contribution < -0.4 is 0 Å². The van der Waals surface area contributed by atoms with Crippen LogP contribution in [0.2, 0.25) is 0 Å². The number of furan rings is 1. The molecule has 1 heterocycles. The molecule has 0 amide bonds. The Morgan fingerprint density at radius 1 is 1.10 bits per heavy atom. The number of hydrogen-bond donors (Lipinski definition) is 0. The van der Waals surface area contributed by atoms with Crippen LogP contribution in [-0.2, 0) is 4.74 Å². The van der Waals surface area contributed by atoms with Gasteiger partial charge in [-0.25, -0.2) is 4.79 Å². The van der Waals surface area contributed by atoms with Crippen molar-refractivity contribution in [1.29, 1.82) is 0 Å². The summed E-state index contributed by atoms with van der Waals surface area (Å²) in [5, 5.41) is 0. The van der Waals surface area contributed by atoms with Crippen molar-refractivity contribution < 1.29 is 18.7 Å². The van der Waals surface area contributed by atoms with E-state index in [1.54, 1.807) is 19.1 Å². The molecule has 104 valence electrons. The number of hydrogen-bond acceptors (Lipinski definition) is 4. The molecule has 0 saturated carbocycles. The van der Waals surface area contributed by atoms with Crippen molar-refractivity contribution in [2.24, 2.45) is 0 Å². The summed E-state index contributed by atoms with van der Waals surface area (Å²) < 4.78 is 10.4. The van der Waals surface area contributed by atoms with E-state index in [0.29, 0.717) is 22.6 Å². The first-order valence-corrected chi connectivity index (χ1v) is 6.25. The number of aryl methyl sites for hydroxylation is 1. The Kier molecular flexibility index (Phi) is 3.74. The summed E-state index contributed by atoms with van der Waals surface area (Å²) in [7, 11) is 1.34. The van der Waals surface area contributed by atoms with Gasteiger partial charge in [0, 0.05) is 16.7 Å². The van der Waals surface area contributed by atoms with Crippen LogP contribution in [0.15, 0.2) is 28.7 Å². The number of ether oxygens (including phenoxy) is 1. The molecule has 2 rings (SSSR count). The molecule has 0 aliphatic rings. The summed E-state index contributed by atoms with van der Waals surface area (Å²) in [6, 6.07) is 7.10. The molecule has 0 saturated heterocycles. The highest BCUT2D eigenvalue weighted by atomic mass is 16.5. The zero-order valence-corrected chi connectivity index (χ0v) is 11.9. The van der Waals surface area contributed by atoms with E-state index in [4.69, 9.17) is 9.15 Å². The quantitative estimate of drug-likeness (QED) is 0.633. The second-order valence-corrected chi connectivity index (χ2v) is 4.61. The third kappa shape index (κ3) is 2.37. The Morgan fingerprint density at radius 2 is 1.70 bits per heavy atom. The largest absolute Gasteiger partial charge is 0.465 e. The van der Waals surface area contributed by atoms with E-state index in [2.05, 4.69) is 0 Å². The maximum absolute atomic E-state index is 11.7. The SMILES string of the molecule is COC(=O)c1c(C)oc(-c2ccc(C(C)=O)cc2)c1C. The van der Waals surface area contributed by atoms with E-state index < -0.39 is 5.97 Å². The lowest BCUT2D eigenvalue weighted by atomic mass is 10.0.